The Hall–Kier alpha value is -1.05. The Kier molecular flexibility index (Phi) is 2.94. The first-order valence-corrected chi connectivity index (χ1v) is 7.41. The van der Waals surface area contributed by atoms with E-state index < -0.39 is 5.79 Å². The fraction of sp³-hybridized carbons (Fsp3) is 0.812. The maximum absolute atomic E-state index is 10.4. The molecule has 2 aliphatic carbocycles. The van der Waals surface area contributed by atoms with Crippen LogP contribution in [-0.4, -0.2) is 24.1 Å². The monoisotopic (exact) mass is 277 g/mol. The van der Waals surface area contributed by atoms with Crippen molar-refractivity contribution in [2.75, 3.05) is 13.2 Å². The number of aliphatic hydroxyl groups is 1. The van der Waals surface area contributed by atoms with Gasteiger partial charge in [0.05, 0.1) is 19.8 Å². The molecule has 3 aliphatic rings. The number of rotatable bonds is 0. The molecule has 1 aliphatic heterocycles. The lowest BCUT2D eigenvalue weighted by atomic mass is 9.52. The summed E-state index contributed by atoms with van der Waals surface area (Å²) < 4.78 is 11.8. The Bertz CT molecular complexity index is 496. The highest BCUT2D eigenvalue weighted by Crippen LogP contribution is 2.61. The Morgan fingerprint density at radius 1 is 1.25 bits per heavy atom. The molecule has 1 saturated heterocycles. The van der Waals surface area contributed by atoms with Crippen LogP contribution < -0.4 is 0 Å². The van der Waals surface area contributed by atoms with Crippen LogP contribution in [-0.2, 0) is 9.47 Å². The first kappa shape index (κ1) is 13.9. The molecule has 2 fully saturated rings. The van der Waals surface area contributed by atoms with Gasteiger partial charge in [-0.05, 0) is 24.2 Å². The zero-order chi connectivity index (χ0) is 14.6. The van der Waals surface area contributed by atoms with E-state index in [-0.39, 0.29) is 10.8 Å². The van der Waals surface area contributed by atoms with E-state index in [9.17, 15) is 5.11 Å². The Morgan fingerprint density at radius 3 is 2.50 bits per heavy atom. The number of hydrogen-bond donors (Lipinski definition) is 1. The highest BCUT2D eigenvalue weighted by Gasteiger charge is 2.58. The standard InChI is InChI=1S/C16H23NO3/c1-14(2)12-5-6-16(19-7-8-20-16)10-15(12,3)9-11(17-4)13(14)18/h12,18H,5-10H2,1-3H3/t12-,15+/m0/s1. The number of allylic oxidation sites excluding steroid dienone is 2. The quantitative estimate of drug-likeness (QED) is 0.687. The number of ether oxygens (including phenoxy) is 2. The van der Waals surface area contributed by atoms with E-state index in [4.69, 9.17) is 16.0 Å². The van der Waals surface area contributed by atoms with E-state index in [1.165, 1.54) is 0 Å². The molecule has 1 heterocycles. The van der Waals surface area contributed by atoms with Gasteiger partial charge in [-0.2, -0.15) is 0 Å². The van der Waals surface area contributed by atoms with E-state index >= 15 is 0 Å². The average molecular weight is 277 g/mol. The molecule has 0 bridgehead atoms. The van der Waals surface area contributed by atoms with Crippen LogP contribution in [0, 0.1) is 23.3 Å². The summed E-state index contributed by atoms with van der Waals surface area (Å²) in [6.45, 7) is 15.0. The molecular formula is C16H23NO3. The van der Waals surface area contributed by atoms with Crippen LogP contribution in [0.3, 0.4) is 0 Å². The summed E-state index contributed by atoms with van der Waals surface area (Å²) in [5.74, 6) is 0.208. The van der Waals surface area contributed by atoms with Crippen molar-refractivity contribution in [1.82, 2.24) is 0 Å². The normalized spacial score (nSPS) is 38.6. The molecule has 1 spiro atoms. The Morgan fingerprint density at radius 2 is 1.90 bits per heavy atom. The second-order valence-electron chi connectivity index (χ2n) is 7.34. The van der Waals surface area contributed by atoms with Crippen molar-refractivity contribution in [1.29, 1.82) is 0 Å². The molecule has 2 atom stereocenters. The topological polar surface area (TPSA) is 43.0 Å². The predicted octanol–water partition coefficient (Wildman–Crippen LogP) is 3.65. The lowest BCUT2D eigenvalue weighted by Crippen LogP contribution is -2.52. The minimum Gasteiger partial charge on any atom is -0.523 e. The molecule has 0 unspecified atom stereocenters. The minimum absolute atomic E-state index is 0.0434. The Labute approximate surface area is 120 Å². The van der Waals surface area contributed by atoms with E-state index in [2.05, 4.69) is 25.6 Å². The molecule has 0 aromatic rings. The molecule has 20 heavy (non-hydrogen) atoms. The molecule has 4 nitrogen and oxygen atoms in total. The molecule has 0 radical (unpaired) electrons. The minimum atomic E-state index is -0.443. The largest absolute Gasteiger partial charge is 0.523 e. The van der Waals surface area contributed by atoms with Crippen molar-refractivity contribution in [3.05, 3.63) is 22.9 Å². The van der Waals surface area contributed by atoms with Crippen LogP contribution in [0.2, 0.25) is 0 Å². The Balaban J connectivity index is 1.99. The summed E-state index contributed by atoms with van der Waals surface area (Å²) >= 11 is 0. The van der Waals surface area contributed by atoms with Crippen molar-refractivity contribution in [3.8, 4) is 0 Å². The van der Waals surface area contributed by atoms with Gasteiger partial charge in [0, 0.05) is 18.3 Å². The zero-order valence-corrected chi connectivity index (χ0v) is 12.5. The first-order valence-electron chi connectivity index (χ1n) is 7.41. The van der Waals surface area contributed by atoms with E-state index in [0.717, 1.165) is 19.3 Å². The average Bonchev–Trinajstić information content (AvgIpc) is 2.81. The predicted molar refractivity (Wildman–Crippen MR) is 74.7 cm³/mol. The van der Waals surface area contributed by atoms with E-state index in [0.29, 0.717) is 37.0 Å². The van der Waals surface area contributed by atoms with Gasteiger partial charge >= 0.3 is 0 Å². The van der Waals surface area contributed by atoms with Gasteiger partial charge in [-0.25, -0.2) is 4.85 Å². The van der Waals surface area contributed by atoms with Crippen LogP contribution in [0.15, 0.2) is 11.5 Å². The summed E-state index contributed by atoms with van der Waals surface area (Å²) in [6.07, 6.45) is 3.31. The third kappa shape index (κ3) is 1.80. The smallest absolute Gasteiger partial charge is 0.203 e. The maximum Gasteiger partial charge on any atom is 0.203 e. The SMILES string of the molecule is [C-]#[N+]C1=C(O)C(C)(C)[C@@H]2CCC3(C[C@@]2(C)C1)OCCO3. The molecule has 0 aromatic carbocycles. The van der Waals surface area contributed by atoms with Gasteiger partial charge in [0.2, 0.25) is 5.70 Å². The first-order chi connectivity index (χ1) is 9.33. The van der Waals surface area contributed by atoms with Crippen molar-refractivity contribution >= 4 is 0 Å². The molecule has 3 rings (SSSR count). The zero-order valence-electron chi connectivity index (χ0n) is 12.5. The fourth-order valence-electron chi connectivity index (χ4n) is 4.80. The van der Waals surface area contributed by atoms with Crippen LogP contribution in [0.4, 0.5) is 0 Å². The van der Waals surface area contributed by atoms with Crippen molar-refractivity contribution in [2.45, 2.75) is 52.2 Å². The van der Waals surface area contributed by atoms with Crippen molar-refractivity contribution < 1.29 is 14.6 Å². The number of nitrogens with zero attached hydrogens (tertiary/aromatic N) is 1. The van der Waals surface area contributed by atoms with Crippen molar-refractivity contribution in [2.24, 2.45) is 16.7 Å². The van der Waals surface area contributed by atoms with Crippen LogP contribution in [0.5, 0.6) is 0 Å². The highest BCUT2D eigenvalue weighted by atomic mass is 16.7. The molecule has 110 valence electrons. The fourth-order valence-corrected chi connectivity index (χ4v) is 4.80. The van der Waals surface area contributed by atoms with Crippen LogP contribution >= 0.6 is 0 Å². The number of aliphatic hydroxyl groups excluding tert-OH is 1. The van der Waals surface area contributed by atoms with Gasteiger partial charge in [0.15, 0.2) is 5.79 Å². The highest BCUT2D eigenvalue weighted by molar-refractivity contribution is 5.28. The van der Waals surface area contributed by atoms with Gasteiger partial charge in [-0.15, -0.1) is 0 Å². The molecule has 1 saturated carbocycles. The molecule has 0 amide bonds. The number of hydrogen-bond acceptors (Lipinski definition) is 3. The summed E-state index contributed by atoms with van der Waals surface area (Å²) in [5.41, 5.74) is 0.134. The second-order valence-corrected chi connectivity index (χ2v) is 7.34. The summed E-state index contributed by atoms with van der Waals surface area (Å²) in [6, 6.07) is 0. The molecule has 4 heteroatoms. The molecule has 0 aromatic heterocycles. The summed E-state index contributed by atoms with van der Waals surface area (Å²) in [5, 5.41) is 10.4. The molecule has 1 N–H and O–H groups in total. The lowest BCUT2D eigenvalue weighted by molar-refractivity contribution is -0.222. The van der Waals surface area contributed by atoms with Gasteiger partial charge in [-0.1, -0.05) is 20.8 Å². The van der Waals surface area contributed by atoms with Gasteiger partial charge in [-0.3, -0.25) is 0 Å². The lowest BCUT2D eigenvalue weighted by Gasteiger charge is -2.56. The molecular weight excluding hydrogens is 254 g/mol. The van der Waals surface area contributed by atoms with Gasteiger partial charge < -0.3 is 14.6 Å². The summed E-state index contributed by atoms with van der Waals surface area (Å²) in [7, 11) is 0. The van der Waals surface area contributed by atoms with Gasteiger partial charge in [0.25, 0.3) is 0 Å². The van der Waals surface area contributed by atoms with Crippen LogP contribution in [0.25, 0.3) is 4.85 Å². The van der Waals surface area contributed by atoms with Gasteiger partial charge in [0.1, 0.15) is 5.76 Å². The van der Waals surface area contributed by atoms with Crippen LogP contribution in [0.1, 0.15) is 46.5 Å². The summed E-state index contributed by atoms with van der Waals surface area (Å²) in [4.78, 5) is 3.57. The third-order valence-corrected chi connectivity index (χ3v) is 5.60. The van der Waals surface area contributed by atoms with E-state index in [1.54, 1.807) is 0 Å². The second kappa shape index (κ2) is 4.22. The third-order valence-electron chi connectivity index (χ3n) is 5.60. The van der Waals surface area contributed by atoms with E-state index in [1.807, 2.05) is 0 Å². The number of fused-ring (bicyclic) bond motifs is 1. The maximum atomic E-state index is 10.4. The van der Waals surface area contributed by atoms with Crippen molar-refractivity contribution in [3.63, 3.8) is 0 Å².